The Kier molecular flexibility index (Phi) is 6.15. The van der Waals surface area contributed by atoms with E-state index in [2.05, 4.69) is 13.0 Å². The lowest BCUT2D eigenvalue weighted by molar-refractivity contribution is -0.133. The Morgan fingerprint density at radius 2 is 2.23 bits per heavy atom. The molecule has 4 atom stereocenters. The van der Waals surface area contributed by atoms with E-state index in [1.54, 1.807) is 0 Å². The van der Waals surface area contributed by atoms with Gasteiger partial charge in [-0.3, -0.25) is 4.79 Å². The van der Waals surface area contributed by atoms with Crippen molar-refractivity contribution in [1.29, 1.82) is 0 Å². The van der Waals surface area contributed by atoms with E-state index in [-0.39, 0.29) is 17.6 Å². The van der Waals surface area contributed by atoms with Crippen molar-refractivity contribution in [3.63, 3.8) is 0 Å². The Hall–Kier alpha value is -2.07. The van der Waals surface area contributed by atoms with Gasteiger partial charge >= 0.3 is 0 Å². The normalized spacial score (nSPS) is 26.9. The average molecular weight is 355 g/mol. The number of carbonyl (C=O) groups excluding carboxylic acids is 1. The summed E-state index contributed by atoms with van der Waals surface area (Å²) in [6.45, 7) is 2.59. The first-order chi connectivity index (χ1) is 12.6. The number of Topliss-reactive ketones (excluding diaryl/α,β-unsaturated/α-hetero) is 1. The van der Waals surface area contributed by atoms with Gasteiger partial charge in [0.1, 0.15) is 17.5 Å². The van der Waals surface area contributed by atoms with Gasteiger partial charge in [-0.25, -0.2) is 0 Å². The Balaban J connectivity index is 1.90. The molecule has 0 radical (unpaired) electrons. The minimum Gasteiger partial charge on any atom is -0.497 e. The lowest BCUT2D eigenvalue weighted by atomic mass is 9.73. The van der Waals surface area contributed by atoms with E-state index < -0.39 is 12.0 Å². The number of rotatable bonds is 5. The van der Waals surface area contributed by atoms with Crippen LogP contribution in [-0.4, -0.2) is 23.6 Å². The molecule has 3 N–H and O–H groups in total. The number of aliphatic hydroxyl groups is 1. The Labute approximate surface area is 155 Å². The van der Waals surface area contributed by atoms with Crippen LogP contribution in [0.15, 0.2) is 48.3 Å². The molecule has 1 aromatic rings. The number of aliphatic hydroxyl groups excluding tert-OH is 1. The Morgan fingerprint density at radius 3 is 3.00 bits per heavy atom. The summed E-state index contributed by atoms with van der Waals surface area (Å²) >= 11 is 0. The van der Waals surface area contributed by atoms with Gasteiger partial charge < -0.3 is 15.6 Å². The van der Waals surface area contributed by atoms with Crippen molar-refractivity contribution in [2.45, 2.75) is 51.0 Å². The number of carbonyl (C=O) groups is 1. The maximum atomic E-state index is 12.6. The van der Waals surface area contributed by atoms with Crippen molar-refractivity contribution >= 4 is 11.5 Å². The van der Waals surface area contributed by atoms with Crippen LogP contribution in [0.2, 0.25) is 0 Å². The van der Waals surface area contributed by atoms with E-state index in [0.717, 1.165) is 30.5 Å². The second-order valence-corrected chi connectivity index (χ2v) is 7.36. The molecule has 3 rings (SSSR count). The molecule has 4 unspecified atom stereocenters. The molecule has 0 saturated carbocycles. The molecule has 1 fully saturated rings. The third-order valence-electron chi connectivity index (χ3n) is 5.55. The quantitative estimate of drug-likeness (QED) is 0.784. The van der Waals surface area contributed by atoms with Crippen LogP contribution in [-0.2, 0) is 9.53 Å². The number of unbranched alkanes of at least 4 members (excludes halogenated alkanes) is 1. The Bertz CT molecular complexity index is 694. The number of ether oxygens (including phenoxy) is 1. The average Bonchev–Trinajstić information content (AvgIpc) is 2.61. The molecule has 4 heteroatoms. The van der Waals surface area contributed by atoms with Gasteiger partial charge in [-0.2, -0.15) is 0 Å². The summed E-state index contributed by atoms with van der Waals surface area (Å²) in [7, 11) is 0. The van der Waals surface area contributed by atoms with Crippen LogP contribution < -0.4 is 5.73 Å². The van der Waals surface area contributed by atoms with Crippen LogP contribution in [0.1, 0.15) is 50.5 Å². The van der Waals surface area contributed by atoms with Crippen molar-refractivity contribution < 1.29 is 14.6 Å². The third-order valence-corrected chi connectivity index (χ3v) is 5.55. The third kappa shape index (κ3) is 4.01. The molecule has 1 aliphatic carbocycles. The van der Waals surface area contributed by atoms with Gasteiger partial charge in [-0.1, -0.05) is 44.1 Å². The first kappa shape index (κ1) is 18.7. The zero-order valence-corrected chi connectivity index (χ0v) is 15.4. The number of benzene rings is 1. The molecule has 0 bridgehead atoms. The number of hydrogen-bond acceptors (Lipinski definition) is 4. The second kappa shape index (κ2) is 8.54. The SMILES string of the molecule is CCCCC(c1cccc(N)c1)C1COC2=CC=CCCC(=O)C2C1O. The van der Waals surface area contributed by atoms with E-state index in [0.29, 0.717) is 25.2 Å². The number of allylic oxidation sites excluding steroid dienone is 3. The van der Waals surface area contributed by atoms with Crippen LogP contribution in [0.5, 0.6) is 0 Å². The summed E-state index contributed by atoms with van der Waals surface area (Å²) in [4.78, 5) is 12.6. The second-order valence-electron chi connectivity index (χ2n) is 7.36. The fourth-order valence-corrected chi connectivity index (χ4v) is 4.13. The Morgan fingerprint density at radius 1 is 1.38 bits per heavy atom. The van der Waals surface area contributed by atoms with E-state index in [1.807, 2.05) is 36.4 Å². The molecule has 1 aromatic carbocycles. The largest absolute Gasteiger partial charge is 0.497 e. The van der Waals surface area contributed by atoms with Crippen LogP contribution in [0.3, 0.4) is 0 Å². The molecule has 1 aliphatic heterocycles. The molecule has 140 valence electrons. The number of nitrogens with two attached hydrogens (primary N) is 1. The summed E-state index contributed by atoms with van der Waals surface area (Å²) in [6, 6.07) is 7.88. The fourth-order valence-electron chi connectivity index (χ4n) is 4.13. The minimum atomic E-state index is -0.725. The van der Waals surface area contributed by atoms with E-state index >= 15 is 0 Å². The number of ketones is 1. The molecular formula is C22H29NO3. The molecule has 0 amide bonds. The lowest BCUT2D eigenvalue weighted by Crippen LogP contribution is -2.45. The van der Waals surface area contributed by atoms with E-state index in [1.165, 1.54) is 0 Å². The first-order valence-electron chi connectivity index (χ1n) is 9.67. The maximum absolute atomic E-state index is 12.6. The van der Waals surface area contributed by atoms with Gasteiger partial charge in [-0.15, -0.1) is 0 Å². The predicted molar refractivity (Wildman–Crippen MR) is 104 cm³/mol. The molecular weight excluding hydrogens is 326 g/mol. The van der Waals surface area contributed by atoms with Crippen LogP contribution in [0.4, 0.5) is 5.69 Å². The highest BCUT2D eigenvalue weighted by molar-refractivity contribution is 5.84. The highest BCUT2D eigenvalue weighted by Crippen LogP contribution is 2.41. The van der Waals surface area contributed by atoms with Gasteiger partial charge in [0.2, 0.25) is 0 Å². The molecule has 1 heterocycles. The molecule has 0 spiro atoms. The van der Waals surface area contributed by atoms with Crippen molar-refractivity contribution in [2.75, 3.05) is 12.3 Å². The molecule has 2 aliphatic rings. The smallest absolute Gasteiger partial charge is 0.146 e. The fraction of sp³-hybridized carbons (Fsp3) is 0.500. The standard InChI is InChI=1S/C22H29NO3/c1-2-3-10-17(15-8-7-9-16(23)13-15)18-14-26-20-12-6-4-5-11-19(24)21(20)22(18)25/h4,6-9,12-13,17-18,21-22,25H,2-3,5,10-11,14,23H2,1H3. The molecule has 1 saturated heterocycles. The predicted octanol–water partition coefficient (Wildman–Crippen LogP) is 3.97. The summed E-state index contributed by atoms with van der Waals surface area (Å²) < 4.78 is 5.98. The van der Waals surface area contributed by atoms with Crippen LogP contribution in [0, 0.1) is 11.8 Å². The van der Waals surface area contributed by atoms with Gasteiger partial charge in [0.05, 0.1) is 12.7 Å². The zero-order chi connectivity index (χ0) is 18.5. The maximum Gasteiger partial charge on any atom is 0.146 e. The van der Waals surface area contributed by atoms with Gasteiger partial charge in [0.25, 0.3) is 0 Å². The number of anilines is 1. The van der Waals surface area contributed by atoms with Crippen molar-refractivity contribution in [3.05, 3.63) is 53.8 Å². The summed E-state index contributed by atoms with van der Waals surface area (Å²) in [5, 5.41) is 11.2. The highest BCUT2D eigenvalue weighted by Gasteiger charge is 2.43. The molecule has 0 aromatic heterocycles. The van der Waals surface area contributed by atoms with Crippen LogP contribution >= 0.6 is 0 Å². The van der Waals surface area contributed by atoms with Crippen molar-refractivity contribution in [3.8, 4) is 0 Å². The topological polar surface area (TPSA) is 72.5 Å². The van der Waals surface area contributed by atoms with Gasteiger partial charge in [0.15, 0.2) is 0 Å². The summed E-state index contributed by atoms with van der Waals surface area (Å²) in [6.07, 6.45) is 9.27. The monoisotopic (exact) mass is 355 g/mol. The lowest BCUT2D eigenvalue weighted by Gasteiger charge is -2.40. The summed E-state index contributed by atoms with van der Waals surface area (Å²) in [5.41, 5.74) is 7.84. The van der Waals surface area contributed by atoms with E-state index in [4.69, 9.17) is 10.5 Å². The number of nitrogen functional groups attached to an aromatic ring is 1. The highest BCUT2D eigenvalue weighted by atomic mass is 16.5. The van der Waals surface area contributed by atoms with Crippen molar-refractivity contribution in [1.82, 2.24) is 0 Å². The van der Waals surface area contributed by atoms with Crippen LogP contribution in [0.25, 0.3) is 0 Å². The van der Waals surface area contributed by atoms with E-state index in [9.17, 15) is 9.90 Å². The molecule has 26 heavy (non-hydrogen) atoms. The molecule has 4 nitrogen and oxygen atoms in total. The first-order valence-corrected chi connectivity index (χ1v) is 9.67. The van der Waals surface area contributed by atoms with Gasteiger partial charge in [-0.05, 0) is 42.5 Å². The number of hydrogen-bond donors (Lipinski definition) is 2. The number of fused-ring (bicyclic) bond motifs is 1. The zero-order valence-electron chi connectivity index (χ0n) is 15.4. The summed E-state index contributed by atoms with van der Waals surface area (Å²) in [5.74, 6) is 0.140. The minimum absolute atomic E-state index is 0.0691. The van der Waals surface area contributed by atoms with Crippen molar-refractivity contribution in [2.24, 2.45) is 11.8 Å². The van der Waals surface area contributed by atoms with Gasteiger partial charge in [0, 0.05) is 18.0 Å².